The fourth-order valence-corrected chi connectivity index (χ4v) is 6.37. The van der Waals surface area contributed by atoms with Gasteiger partial charge in [0.05, 0.1) is 11.4 Å². The summed E-state index contributed by atoms with van der Waals surface area (Å²) >= 11 is 0. The van der Waals surface area contributed by atoms with E-state index in [-0.39, 0.29) is 17.6 Å². The highest BCUT2D eigenvalue weighted by Gasteiger charge is 2.29. The predicted octanol–water partition coefficient (Wildman–Crippen LogP) is 3.91. The van der Waals surface area contributed by atoms with Gasteiger partial charge in [-0.15, -0.1) is 0 Å². The maximum absolute atomic E-state index is 13.1. The van der Waals surface area contributed by atoms with Crippen LogP contribution in [-0.4, -0.2) is 50.5 Å². The Morgan fingerprint density at radius 3 is 2.21 bits per heavy atom. The van der Waals surface area contributed by atoms with E-state index in [2.05, 4.69) is 19.2 Å². The summed E-state index contributed by atoms with van der Waals surface area (Å²) in [5.74, 6) is 0.777. The Labute approximate surface area is 195 Å². The van der Waals surface area contributed by atoms with E-state index in [0.717, 1.165) is 25.1 Å². The second-order valence-electron chi connectivity index (χ2n) is 9.43. The van der Waals surface area contributed by atoms with Crippen molar-refractivity contribution in [1.29, 1.82) is 0 Å². The van der Waals surface area contributed by atoms with Crippen molar-refractivity contribution < 1.29 is 18.0 Å². The van der Waals surface area contributed by atoms with Crippen molar-refractivity contribution in [3.8, 4) is 0 Å². The van der Waals surface area contributed by atoms with Crippen molar-refractivity contribution in [2.24, 2.45) is 11.8 Å². The van der Waals surface area contributed by atoms with Crippen LogP contribution in [-0.2, 0) is 10.0 Å². The van der Waals surface area contributed by atoms with Crippen molar-refractivity contribution in [3.63, 3.8) is 0 Å². The van der Waals surface area contributed by atoms with Crippen LogP contribution in [0.1, 0.15) is 53.0 Å². The van der Waals surface area contributed by atoms with Crippen LogP contribution in [0.5, 0.6) is 0 Å². The van der Waals surface area contributed by atoms with E-state index in [4.69, 9.17) is 0 Å². The molecule has 2 aromatic rings. The number of anilines is 2. The van der Waals surface area contributed by atoms with Gasteiger partial charge >= 0.3 is 0 Å². The van der Waals surface area contributed by atoms with Gasteiger partial charge in [0.15, 0.2) is 0 Å². The Balaban J connectivity index is 1.48. The van der Waals surface area contributed by atoms with E-state index in [9.17, 15) is 18.0 Å². The number of nitrogens with zero attached hydrogens (tertiary/aromatic N) is 2. The standard InChI is InChI=1S/C25H31N3O4S/c1-17-13-18(2)16-27(15-17)25(30)21-6-5-19(3)23(14-21)26-24(29)20-7-9-22(10-8-20)28-11-4-12-33(28,31)32/h5-10,14,17-18H,4,11-13,15-16H2,1-3H3,(H,26,29). The highest BCUT2D eigenvalue weighted by molar-refractivity contribution is 7.93. The minimum absolute atomic E-state index is 0.0138. The molecule has 0 saturated carbocycles. The Morgan fingerprint density at radius 2 is 1.61 bits per heavy atom. The third kappa shape index (κ3) is 5.05. The quantitative estimate of drug-likeness (QED) is 0.736. The number of piperidine rings is 1. The normalized spacial score (nSPS) is 22.3. The van der Waals surface area contributed by atoms with Crippen LogP contribution in [0.15, 0.2) is 42.5 Å². The molecule has 2 saturated heterocycles. The predicted molar refractivity (Wildman–Crippen MR) is 130 cm³/mol. The lowest BCUT2D eigenvalue weighted by Gasteiger charge is -2.35. The average molecular weight is 470 g/mol. The monoisotopic (exact) mass is 469 g/mol. The van der Waals surface area contributed by atoms with Gasteiger partial charge < -0.3 is 10.2 Å². The fourth-order valence-electron chi connectivity index (χ4n) is 4.80. The first kappa shape index (κ1) is 23.3. The summed E-state index contributed by atoms with van der Waals surface area (Å²) < 4.78 is 25.6. The number of nitrogens with one attached hydrogen (secondary N) is 1. The van der Waals surface area contributed by atoms with Crippen molar-refractivity contribution >= 4 is 33.2 Å². The topological polar surface area (TPSA) is 86.8 Å². The largest absolute Gasteiger partial charge is 0.338 e. The molecule has 2 atom stereocenters. The molecule has 2 aliphatic rings. The molecule has 0 radical (unpaired) electrons. The first-order valence-corrected chi connectivity index (χ1v) is 13.1. The minimum Gasteiger partial charge on any atom is -0.338 e. The van der Waals surface area contributed by atoms with Gasteiger partial charge in [-0.2, -0.15) is 0 Å². The van der Waals surface area contributed by atoms with E-state index in [0.29, 0.717) is 47.3 Å². The van der Waals surface area contributed by atoms with Crippen LogP contribution >= 0.6 is 0 Å². The summed E-state index contributed by atoms with van der Waals surface area (Å²) in [4.78, 5) is 27.8. The molecule has 176 valence electrons. The Kier molecular flexibility index (Phi) is 6.47. The van der Waals surface area contributed by atoms with Gasteiger partial charge in [0.1, 0.15) is 0 Å². The molecule has 0 aromatic heterocycles. The zero-order valence-electron chi connectivity index (χ0n) is 19.4. The Bertz CT molecular complexity index is 1150. The highest BCUT2D eigenvalue weighted by Crippen LogP contribution is 2.26. The number of amides is 2. The van der Waals surface area contributed by atoms with E-state index in [1.165, 1.54) is 4.31 Å². The van der Waals surface area contributed by atoms with Gasteiger partial charge in [-0.1, -0.05) is 19.9 Å². The van der Waals surface area contributed by atoms with Crippen LogP contribution < -0.4 is 9.62 Å². The molecule has 2 aliphatic heterocycles. The molecule has 4 rings (SSSR count). The maximum atomic E-state index is 13.1. The SMILES string of the molecule is Cc1ccc(C(=O)N2CC(C)CC(C)C2)cc1NC(=O)c1ccc(N2CCCS2(=O)=O)cc1. The van der Waals surface area contributed by atoms with Crippen LogP contribution in [0.3, 0.4) is 0 Å². The number of aryl methyl sites for hydroxylation is 1. The lowest BCUT2D eigenvalue weighted by molar-refractivity contribution is 0.0623. The smallest absolute Gasteiger partial charge is 0.255 e. The molecule has 7 nitrogen and oxygen atoms in total. The third-order valence-electron chi connectivity index (χ3n) is 6.41. The summed E-state index contributed by atoms with van der Waals surface area (Å²) in [6, 6.07) is 12.0. The average Bonchev–Trinajstić information content (AvgIpc) is 3.13. The van der Waals surface area contributed by atoms with E-state index < -0.39 is 10.0 Å². The number of carbonyl (C=O) groups is 2. The van der Waals surface area contributed by atoms with Crippen molar-refractivity contribution in [2.45, 2.75) is 33.6 Å². The van der Waals surface area contributed by atoms with Crippen molar-refractivity contribution in [1.82, 2.24) is 4.90 Å². The molecule has 33 heavy (non-hydrogen) atoms. The Morgan fingerprint density at radius 1 is 0.970 bits per heavy atom. The van der Waals surface area contributed by atoms with Crippen LogP contribution in [0.2, 0.25) is 0 Å². The van der Waals surface area contributed by atoms with Crippen LogP contribution in [0, 0.1) is 18.8 Å². The zero-order valence-corrected chi connectivity index (χ0v) is 20.2. The first-order valence-electron chi connectivity index (χ1n) is 11.5. The van der Waals surface area contributed by atoms with Gasteiger partial charge in [0, 0.05) is 36.4 Å². The molecule has 2 unspecified atom stereocenters. The molecular weight excluding hydrogens is 438 g/mol. The molecule has 2 amide bonds. The van der Waals surface area contributed by atoms with Crippen LogP contribution in [0.25, 0.3) is 0 Å². The van der Waals surface area contributed by atoms with Crippen LogP contribution in [0.4, 0.5) is 11.4 Å². The Hall–Kier alpha value is -2.87. The number of hydrogen-bond donors (Lipinski definition) is 1. The summed E-state index contributed by atoms with van der Waals surface area (Å²) in [6.07, 6.45) is 1.73. The highest BCUT2D eigenvalue weighted by atomic mass is 32.2. The second kappa shape index (κ2) is 9.17. The second-order valence-corrected chi connectivity index (χ2v) is 11.4. The zero-order chi connectivity index (χ0) is 23.8. The van der Waals surface area contributed by atoms with Crippen molar-refractivity contribution in [3.05, 3.63) is 59.2 Å². The molecular formula is C25H31N3O4S. The number of likely N-dealkylation sites (tertiary alicyclic amines) is 1. The lowest BCUT2D eigenvalue weighted by Crippen LogP contribution is -2.42. The molecule has 8 heteroatoms. The number of benzene rings is 2. The van der Waals surface area contributed by atoms with Gasteiger partial charge in [0.2, 0.25) is 10.0 Å². The maximum Gasteiger partial charge on any atom is 0.255 e. The summed E-state index contributed by atoms with van der Waals surface area (Å²) in [5.41, 5.74) is 3.00. The lowest BCUT2D eigenvalue weighted by atomic mass is 9.91. The summed E-state index contributed by atoms with van der Waals surface area (Å²) in [5, 5.41) is 2.91. The number of carbonyl (C=O) groups excluding carboxylic acids is 2. The minimum atomic E-state index is -3.26. The van der Waals surface area contributed by atoms with Gasteiger partial charge in [0.25, 0.3) is 11.8 Å². The summed E-state index contributed by atoms with van der Waals surface area (Å²) in [7, 11) is -3.26. The van der Waals surface area contributed by atoms with Gasteiger partial charge in [-0.3, -0.25) is 13.9 Å². The molecule has 1 N–H and O–H groups in total. The van der Waals surface area contributed by atoms with Gasteiger partial charge in [-0.05, 0) is 73.6 Å². The molecule has 0 bridgehead atoms. The molecule has 0 aliphatic carbocycles. The number of rotatable bonds is 4. The van der Waals surface area contributed by atoms with E-state index in [1.54, 1.807) is 30.3 Å². The van der Waals surface area contributed by atoms with Crippen molar-refractivity contribution in [2.75, 3.05) is 35.0 Å². The van der Waals surface area contributed by atoms with E-state index in [1.807, 2.05) is 24.0 Å². The van der Waals surface area contributed by atoms with Gasteiger partial charge in [-0.25, -0.2) is 8.42 Å². The molecule has 0 spiro atoms. The summed E-state index contributed by atoms with van der Waals surface area (Å²) in [6.45, 7) is 8.18. The first-order chi connectivity index (χ1) is 15.6. The molecule has 2 heterocycles. The number of hydrogen-bond acceptors (Lipinski definition) is 4. The fraction of sp³-hybridized carbons (Fsp3) is 0.440. The molecule has 2 fully saturated rings. The third-order valence-corrected chi connectivity index (χ3v) is 8.28. The van der Waals surface area contributed by atoms with E-state index >= 15 is 0 Å². The number of sulfonamides is 1. The molecule has 2 aromatic carbocycles.